The fourth-order valence-corrected chi connectivity index (χ4v) is 1.15. The van der Waals surface area contributed by atoms with E-state index >= 15 is 0 Å². The van der Waals surface area contributed by atoms with Crippen molar-refractivity contribution < 1.29 is 9.59 Å². The molecule has 1 aromatic rings. The third-order valence-corrected chi connectivity index (χ3v) is 1.86. The van der Waals surface area contributed by atoms with Gasteiger partial charge >= 0.3 is 0 Å². The standard InChI is InChI=1S/C12H11NO2/c1-13-7-3-6-12-10(8-14)4-2-5-11(12)9-15/h2,4-5,8-9,13H,7H2,1H3. The molecule has 0 saturated carbocycles. The second kappa shape index (κ2) is 5.74. The fraction of sp³-hybridized carbons (Fsp3) is 0.167. The number of rotatable bonds is 3. The normalized spacial score (nSPS) is 8.87. The molecule has 0 spiro atoms. The topological polar surface area (TPSA) is 46.2 Å². The first-order chi connectivity index (χ1) is 7.33. The number of carbonyl (C=O) groups is 2. The zero-order chi connectivity index (χ0) is 11.1. The maximum atomic E-state index is 10.7. The first-order valence-corrected chi connectivity index (χ1v) is 4.50. The molecule has 0 aliphatic rings. The molecule has 0 aliphatic carbocycles. The van der Waals surface area contributed by atoms with Gasteiger partial charge in [0, 0.05) is 16.7 Å². The summed E-state index contributed by atoms with van der Waals surface area (Å²) in [6.07, 6.45) is 1.41. The van der Waals surface area contributed by atoms with Crippen molar-refractivity contribution in [2.45, 2.75) is 0 Å². The lowest BCUT2D eigenvalue weighted by molar-refractivity contribution is 0.112. The van der Waals surface area contributed by atoms with Crippen molar-refractivity contribution >= 4 is 12.6 Å². The molecular formula is C12H11NO2. The SMILES string of the molecule is CNCC#Cc1c(C=O)cccc1C=O. The Morgan fingerprint density at radius 1 is 1.27 bits per heavy atom. The van der Waals surface area contributed by atoms with Crippen LogP contribution in [-0.4, -0.2) is 26.2 Å². The molecule has 0 aromatic heterocycles. The summed E-state index contributed by atoms with van der Waals surface area (Å²) in [5, 5.41) is 2.86. The van der Waals surface area contributed by atoms with Gasteiger partial charge < -0.3 is 5.32 Å². The van der Waals surface area contributed by atoms with Crippen LogP contribution in [-0.2, 0) is 0 Å². The zero-order valence-corrected chi connectivity index (χ0v) is 8.41. The molecule has 0 amide bonds. The second-order valence-corrected chi connectivity index (χ2v) is 2.88. The molecule has 0 bridgehead atoms. The van der Waals surface area contributed by atoms with Gasteiger partial charge in [0.15, 0.2) is 12.6 Å². The molecule has 0 aliphatic heterocycles. The second-order valence-electron chi connectivity index (χ2n) is 2.88. The number of carbonyl (C=O) groups excluding carboxylic acids is 2. The van der Waals surface area contributed by atoms with E-state index in [2.05, 4.69) is 17.2 Å². The quantitative estimate of drug-likeness (QED) is 0.583. The Morgan fingerprint density at radius 3 is 2.33 bits per heavy atom. The maximum absolute atomic E-state index is 10.7. The highest BCUT2D eigenvalue weighted by Gasteiger charge is 2.03. The van der Waals surface area contributed by atoms with E-state index in [-0.39, 0.29) is 0 Å². The third-order valence-electron chi connectivity index (χ3n) is 1.86. The number of hydrogen-bond acceptors (Lipinski definition) is 3. The van der Waals surface area contributed by atoms with Gasteiger partial charge in [-0.1, -0.05) is 30.0 Å². The molecule has 0 unspecified atom stereocenters. The van der Waals surface area contributed by atoms with Gasteiger partial charge in [0.1, 0.15) is 0 Å². The van der Waals surface area contributed by atoms with Crippen LogP contribution in [0, 0.1) is 11.8 Å². The predicted molar refractivity (Wildman–Crippen MR) is 58.0 cm³/mol. The molecule has 15 heavy (non-hydrogen) atoms. The molecule has 1 N–H and O–H groups in total. The van der Waals surface area contributed by atoms with E-state index in [1.54, 1.807) is 25.2 Å². The molecule has 0 saturated heterocycles. The molecule has 76 valence electrons. The average molecular weight is 201 g/mol. The van der Waals surface area contributed by atoms with Crippen molar-refractivity contribution in [2.24, 2.45) is 0 Å². The minimum atomic E-state index is 0.447. The Bertz CT molecular complexity index is 401. The minimum absolute atomic E-state index is 0.447. The Hall–Kier alpha value is -1.92. The van der Waals surface area contributed by atoms with Crippen molar-refractivity contribution in [3.8, 4) is 11.8 Å². The number of benzene rings is 1. The summed E-state index contributed by atoms with van der Waals surface area (Å²) in [5.41, 5.74) is 1.39. The molecular weight excluding hydrogens is 190 g/mol. The lowest BCUT2D eigenvalue weighted by Gasteiger charge is -1.99. The zero-order valence-electron chi connectivity index (χ0n) is 8.41. The van der Waals surface area contributed by atoms with Crippen molar-refractivity contribution in [2.75, 3.05) is 13.6 Å². The molecule has 0 atom stereocenters. The van der Waals surface area contributed by atoms with Gasteiger partial charge in [0.05, 0.1) is 6.54 Å². The molecule has 3 nitrogen and oxygen atoms in total. The number of hydrogen-bond donors (Lipinski definition) is 1. The van der Waals surface area contributed by atoms with Gasteiger partial charge in [0.2, 0.25) is 0 Å². The van der Waals surface area contributed by atoms with Crippen molar-refractivity contribution in [1.29, 1.82) is 0 Å². The molecule has 3 heteroatoms. The highest BCUT2D eigenvalue weighted by molar-refractivity contribution is 5.88. The van der Waals surface area contributed by atoms with Gasteiger partial charge in [-0.25, -0.2) is 0 Å². The van der Waals surface area contributed by atoms with Gasteiger partial charge in [-0.05, 0) is 7.05 Å². The van der Waals surface area contributed by atoms with Crippen molar-refractivity contribution in [3.63, 3.8) is 0 Å². The minimum Gasteiger partial charge on any atom is -0.309 e. The van der Waals surface area contributed by atoms with Crippen LogP contribution in [0.5, 0.6) is 0 Å². The summed E-state index contributed by atoms with van der Waals surface area (Å²) in [6.45, 7) is 0.519. The van der Waals surface area contributed by atoms with Gasteiger partial charge in [-0.15, -0.1) is 0 Å². The van der Waals surface area contributed by atoms with Gasteiger partial charge in [-0.3, -0.25) is 9.59 Å². The Labute approximate surface area is 88.5 Å². The average Bonchev–Trinajstić information content (AvgIpc) is 2.29. The number of aldehydes is 2. The molecule has 1 aromatic carbocycles. The van der Waals surface area contributed by atoms with Crippen LogP contribution in [0.4, 0.5) is 0 Å². The van der Waals surface area contributed by atoms with E-state index in [1.165, 1.54) is 0 Å². The summed E-state index contributed by atoms with van der Waals surface area (Å²) in [5.74, 6) is 5.63. The van der Waals surface area contributed by atoms with E-state index in [0.29, 0.717) is 35.8 Å². The van der Waals surface area contributed by atoms with E-state index in [4.69, 9.17) is 0 Å². The lowest BCUT2D eigenvalue weighted by Crippen LogP contribution is -2.04. The van der Waals surface area contributed by atoms with Crippen LogP contribution in [0.3, 0.4) is 0 Å². The Balaban J connectivity index is 3.18. The third kappa shape index (κ3) is 2.76. The van der Waals surface area contributed by atoms with Crippen LogP contribution in [0.25, 0.3) is 0 Å². The van der Waals surface area contributed by atoms with Crippen molar-refractivity contribution in [1.82, 2.24) is 5.32 Å². The van der Waals surface area contributed by atoms with Gasteiger partial charge in [-0.2, -0.15) is 0 Å². The molecule has 0 radical (unpaired) electrons. The monoisotopic (exact) mass is 201 g/mol. The van der Waals surface area contributed by atoms with E-state index < -0.39 is 0 Å². The summed E-state index contributed by atoms with van der Waals surface area (Å²) in [6, 6.07) is 4.95. The summed E-state index contributed by atoms with van der Waals surface area (Å²) in [7, 11) is 1.78. The van der Waals surface area contributed by atoms with Crippen LogP contribution in [0.1, 0.15) is 26.3 Å². The van der Waals surface area contributed by atoms with Gasteiger partial charge in [0.25, 0.3) is 0 Å². The first-order valence-electron chi connectivity index (χ1n) is 4.50. The highest BCUT2D eigenvalue weighted by Crippen LogP contribution is 2.09. The maximum Gasteiger partial charge on any atom is 0.151 e. The van der Waals surface area contributed by atoms with E-state index in [0.717, 1.165) is 0 Å². The van der Waals surface area contributed by atoms with E-state index in [9.17, 15) is 9.59 Å². The highest BCUT2D eigenvalue weighted by atomic mass is 16.1. The van der Waals surface area contributed by atoms with E-state index in [1.807, 2.05) is 0 Å². The molecule has 0 heterocycles. The fourth-order valence-electron chi connectivity index (χ4n) is 1.15. The molecule has 1 rings (SSSR count). The summed E-state index contributed by atoms with van der Waals surface area (Å²) >= 11 is 0. The Kier molecular flexibility index (Phi) is 4.27. The van der Waals surface area contributed by atoms with Crippen molar-refractivity contribution in [3.05, 3.63) is 34.9 Å². The predicted octanol–water partition coefficient (Wildman–Crippen LogP) is 0.883. The van der Waals surface area contributed by atoms with Crippen LogP contribution >= 0.6 is 0 Å². The first kappa shape index (κ1) is 11.2. The van der Waals surface area contributed by atoms with Crippen LogP contribution in [0.2, 0.25) is 0 Å². The summed E-state index contributed by atoms with van der Waals surface area (Å²) < 4.78 is 0. The number of nitrogens with one attached hydrogen (secondary N) is 1. The lowest BCUT2D eigenvalue weighted by atomic mass is 10.0. The summed E-state index contributed by atoms with van der Waals surface area (Å²) in [4.78, 5) is 21.5. The van der Waals surface area contributed by atoms with Crippen LogP contribution in [0.15, 0.2) is 18.2 Å². The smallest absolute Gasteiger partial charge is 0.151 e. The largest absolute Gasteiger partial charge is 0.309 e. The van der Waals surface area contributed by atoms with Crippen LogP contribution < -0.4 is 5.32 Å². The Morgan fingerprint density at radius 2 is 1.87 bits per heavy atom. The molecule has 0 fully saturated rings.